The van der Waals surface area contributed by atoms with Gasteiger partial charge in [0.25, 0.3) is 0 Å². The van der Waals surface area contributed by atoms with Crippen LogP contribution >= 0.6 is 0 Å². The smallest absolute Gasteiger partial charge is 0.118 e. The molecule has 0 aromatic heterocycles. The zero-order valence-electron chi connectivity index (χ0n) is 11.5. The van der Waals surface area contributed by atoms with E-state index in [0.717, 1.165) is 23.3 Å². The van der Waals surface area contributed by atoms with Crippen molar-refractivity contribution in [2.45, 2.75) is 13.3 Å². The fraction of sp³-hybridized carbons (Fsp3) is 0.333. The van der Waals surface area contributed by atoms with Gasteiger partial charge >= 0.3 is 0 Å². The summed E-state index contributed by atoms with van der Waals surface area (Å²) in [5, 5.41) is 0. The number of rotatable bonds is 6. The molecule has 96 valence electrons. The van der Waals surface area contributed by atoms with E-state index in [4.69, 9.17) is 4.74 Å². The summed E-state index contributed by atoms with van der Waals surface area (Å²) in [6.45, 7) is 13.4. The molecule has 2 heteroatoms. The monoisotopic (exact) mass is 236 g/mol. The lowest BCUT2D eigenvalue weighted by atomic mass is 10.1. The first-order valence-electron chi connectivity index (χ1n) is 5.32. The van der Waals surface area contributed by atoms with E-state index in [-0.39, 0.29) is 0 Å². The maximum atomic E-state index is 5.05. The minimum absolute atomic E-state index is 0.725. The van der Waals surface area contributed by atoms with Crippen LogP contribution < -0.4 is 0 Å². The van der Waals surface area contributed by atoms with Crippen molar-refractivity contribution in [3.63, 3.8) is 0 Å². The average molecular weight is 236 g/mol. The van der Waals surface area contributed by atoms with Crippen LogP contribution in [-0.4, -0.2) is 21.3 Å². The molecule has 0 atom stereocenters. The molecule has 0 fully saturated rings. The second-order valence-corrected chi connectivity index (χ2v) is 3.36. The van der Waals surface area contributed by atoms with Crippen molar-refractivity contribution in [1.82, 2.24) is 0 Å². The topological polar surface area (TPSA) is 18.5 Å². The van der Waals surface area contributed by atoms with Crippen molar-refractivity contribution < 1.29 is 9.47 Å². The van der Waals surface area contributed by atoms with Crippen molar-refractivity contribution >= 4 is 0 Å². The third-order valence-electron chi connectivity index (χ3n) is 1.64. The van der Waals surface area contributed by atoms with Crippen LogP contribution in [0.4, 0.5) is 0 Å². The summed E-state index contributed by atoms with van der Waals surface area (Å²) >= 11 is 0. The summed E-state index contributed by atoms with van der Waals surface area (Å²) in [6, 6.07) is 0. The van der Waals surface area contributed by atoms with E-state index in [0.29, 0.717) is 0 Å². The Morgan fingerprint density at radius 2 is 1.65 bits per heavy atom. The molecule has 2 nitrogen and oxygen atoms in total. The molecule has 0 amide bonds. The Labute approximate surface area is 106 Å². The molecule has 0 aromatic rings. The molecule has 0 N–H and O–H groups in total. The Balaban J connectivity index is 0. The van der Waals surface area contributed by atoms with Gasteiger partial charge in [-0.1, -0.05) is 37.5 Å². The average Bonchev–Trinajstić information content (AvgIpc) is 2.27. The number of methoxy groups -OCH3 is 2. The van der Waals surface area contributed by atoms with Crippen molar-refractivity contribution in [1.29, 1.82) is 0 Å². The highest BCUT2D eigenvalue weighted by atomic mass is 16.5. The Kier molecular flexibility index (Phi) is 13.2. The molecule has 0 rings (SSSR count). The Morgan fingerprint density at radius 3 is 2.00 bits per heavy atom. The molecule has 0 saturated carbocycles. The Hall–Kier alpha value is -1.54. The first-order chi connectivity index (χ1) is 8.05. The maximum Gasteiger partial charge on any atom is 0.118 e. The number of hydrogen-bond donors (Lipinski definition) is 0. The van der Waals surface area contributed by atoms with E-state index in [1.165, 1.54) is 0 Å². The molecule has 17 heavy (non-hydrogen) atoms. The summed E-state index contributed by atoms with van der Waals surface area (Å²) < 4.78 is 9.30. The Bertz CT molecular complexity index is 296. The van der Waals surface area contributed by atoms with Crippen molar-refractivity contribution in [3.05, 3.63) is 60.9 Å². The van der Waals surface area contributed by atoms with Crippen LogP contribution in [0.3, 0.4) is 0 Å². The fourth-order valence-corrected chi connectivity index (χ4v) is 1.04. The first kappa shape index (κ1) is 17.8. The van der Waals surface area contributed by atoms with Gasteiger partial charge in [-0.05, 0) is 31.1 Å². The second kappa shape index (κ2) is 12.5. The van der Waals surface area contributed by atoms with E-state index < -0.39 is 0 Å². The molecular weight excluding hydrogens is 212 g/mol. The van der Waals surface area contributed by atoms with Gasteiger partial charge in [0.15, 0.2) is 0 Å². The zero-order valence-corrected chi connectivity index (χ0v) is 11.5. The molecule has 0 radical (unpaired) electrons. The van der Waals surface area contributed by atoms with Gasteiger partial charge in [-0.3, -0.25) is 0 Å². The van der Waals surface area contributed by atoms with Gasteiger partial charge in [0, 0.05) is 14.2 Å². The van der Waals surface area contributed by atoms with Crippen LogP contribution in [0.25, 0.3) is 0 Å². The highest BCUT2D eigenvalue weighted by molar-refractivity contribution is 5.30. The lowest BCUT2D eigenvalue weighted by molar-refractivity contribution is 0.277. The summed E-state index contributed by atoms with van der Waals surface area (Å²) in [5.41, 5.74) is 2.00. The van der Waals surface area contributed by atoms with Crippen molar-refractivity contribution in [2.24, 2.45) is 0 Å². The molecule has 0 heterocycles. The van der Waals surface area contributed by atoms with E-state index in [9.17, 15) is 0 Å². The van der Waals surface area contributed by atoms with Crippen LogP contribution in [0.15, 0.2) is 60.9 Å². The molecule has 0 aliphatic rings. The SMILES string of the molecule is C=C/C(=C\C(=C)CC(=C)/C=C\C)OC.COC. The second-order valence-electron chi connectivity index (χ2n) is 3.36. The maximum absolute atomic E-state index is 5.05. The van der Waals surface area contributed by atoms with Gasteiger partial charge in [-0.2, -0.15) is 0 Å². The molecule has 0 aliphatic carbocycles. The van der Waals surface area contributed by atoms with Gasteiger partial charge in [-0.25, -0.2) is 0 Å². The third kappa shape index (κ3) is 12.4. The van der Waals surface area contributed by atoms with E-state index in [1.807, 2.05) is 25.2 Å². The van der Waals surface area contributed by atoms with Crippen LogP contribution in [-0.2, 0) is 9.47 Å². The van der Waals surface area contributed by atoms with Gasteiger partial charge < -0.3 is 9.47 Å². The van der Waals surface area contributed by atoms with Gasteiger partial charge in [-0.15, -0.1) is 0 Å². The van der Waals surface area contributed by atoms with E-state index in [1.54, 1.807) is 27.4 Å². The summed E-state index contributed by atoms with van der Waals surface area (Å²) in [7, 11) is 4.86. The number of hydrogen-bond acceptors (Lipinski definition) is 2. The standard InChI is InChI=1S/C13H18O.C2H6O/c1-6-8-11(3)9-12(4)10-13(7-2)14-5;1-3-2/h6-8,10H,2-4,9H2,1,5H3;1-2H3/b8-6-,13-10+;. The Morgan fingerprint density at radius 1 is 1.12 bits per heavy atom. The predicted octanol–water partition coefficient (Wildman–Crippen LogP) is 4.04. The van der Waals surface area contributed by atoms with Crippen LogP contribution in [0.2, 0.25) is 0 Å². The zero-order chi connectivity index (χ0) is 13.7. The highest BCUT2D eigenvalue weighted by Gasteiger charge is 1.94. The van der Waals surface area contributed by atoms with Gasteiger partial charge in [0.05, 0.1) is 7.11 Å². The van der Waals surface area contributed by atoms with Crippen molar-refractivity contribution in [2.75, 3.05) is 21.3 Å². The van der Waals surface area contributed by atoms with Gasteiger partial charge in [0.2, 0.25) is 0 Å². The lowest BCUT2D eigenvalue weighted by Crippen LogP contribution is -1.85. The quantitative estimate of drug-likeness (QED) is 0.512. The molecule has 0 unspecified atom stereocenters. The first-order valence-corrected chi connectivity index (χ1v) is 5.32. The van der Waals surface area contributed by atoms with Gasteiger partial charge in [0.1, 0.15) is 5.76 Å². The molecule has 0 bridgehead atoms. The molecule has 0 spiro atoms. The van der Waals surface area contributed by atoms with Crippen molar-refractivity contribution in [3.8, 4) is 0 Å². The minimum Gasteiger partial charge on any atom is -0.497 e. The summed E-state index contributed by atoms with van der Waals surface area (Å²) in [4.78, 5) is 0. The summed E-state index contributed by atoms with van der Waals surface area (Å²) in [5.74, 6) is 0.725. The number of ether oxygens (including phenoxy) is 2. The molecule has 0 saturated heterocycles. The number of allylic oxidation sites excluding steroid dienone is 6. The minimum atomic E-state index is 0.725. The van der Waals surface area contributed by atoms with Crippen LogP contribution in [0.1, 0.15) is 13.3 Å². The van der Waals surface area contributed by atoms with Crippen LogP contribution in [0, 0.1) is 0 Å². The fourth-order valence-electron chi connectivity index (χ4n) is 1.04. The van der Waals surface area contributed by atoms with E-state index >= 15 is 0 Å². The van der Waals surface area contributed by atoms with Crippen LogP contribution in [0.5, 0.6) is 0 Å². The molecule has 0 aromatic carbocycles. The molecule has 0 aliphatic heterocycles. The predicted molar refractivity (Wildman–Crippen MR) is 75.9 cm³/mol. The molecular formula is C15H24O2. The largest absolute Gasteiger partial charge is 0.497 e. The van der Waals surface area contributed by atoms with E-state index in [2.05, 4.69) is 24.5 Å². The highest BCUT2D eigenvalue weighted by Crippen LogP contribution is 2.12. The third-order valence-corrected chi connectivity index (χ3v) is 1.64. The normalized spacial score (nSPS) is 10.5. The summed E-state index contributed by atoms with van der Waals surface area (Å²) in [6.07, 6.45) is 8.21. The lowest BCUT2D eigenvalue weighted by Gasteiger charge is -2.03.